The molecule has 0 spiro atoms. The van der Waals surface area contributed by atoms with E-state index in [9.17, 15) is 18.0 Å². The van der Waals surface area contributed by atoms with Crippen LogP contribution in [-0.4, -0.2) is 35.1 Å². The van der Waals surface area contributed by atoms with Gasteiger partial charge in [-0.15, -0.1) is 0 Å². The highest BCUT2D eigenvalue weighted by Gasteiger charge is 2.41. The number of halogens is 4. The first-order chi connectivity index (χ1) is 9.29. The van der Waals surface area contributed by atoms with Crippen molar-refractivity contribution < 1.29 is 18.0 Å². The van der Waals surface area contributed by atoms with Crippen LogP contribution < -0.4 is 0 Å². The predicted octanol–water partition coefficient (Wildman–Crippen LogP) is 3.46. The molecule has 1 amide bonds. The number of carbonyl (C=O) groups is 1. The SMILES string of the molecule is Cc1cc(Cl)c(C(=O)N2CCC(C(F)(F)F)CC2)cn1. The Hall–Kier alpha value is -1.30. The van der Waals surface area contributed by atoms with Crippen molar-refractivity contribution in [3.63, 3.8) is 0 Å². The lowest BCUT2D eigenvalue weighted by molar-refractivity contribution is -0.183. The number of piperidine rings is 1. The number of aromatic nitrogens is 1. The van der Waals surface area contributed by atoms with Gasteiger partial charge in [0.15, 0.2) is 0 Å². The second-order valence-corrected chi connectivity index (χ2v) is 5.32. The van der Waals surface area contributed by atoms with Gasteiger partial charge in [0.2, 0.25) is 0 Å². The van der Waals surface area contributed by atoms with Crippen LogP contribution in [0.15, 0.2) is 12.3 Å². The average Bonchev–Trinajstić information content (AvgIpc) is 2.37. The van der Waals surface area contributed by atoms with E-state index in [-0.39, 0.29) is 42.4 Å². The van der Waals surface area contributed by atoms with E-state index in [0.29, 0.717) is 5.69 Å². The maximum absolute atomic E-state index is 12.6. The van der Waals surface area contributed by atoms with E-state index in [0.717, 1.165) is 0 Å². The Kier molecular flexibility index (Phi) is 4.22. The molecule has 2 rings (SSSR count). The average molecular weight is 307 g/mol. The molecular formula is C13H14ClF3N2O. The highest BCUT2D eigenvalue weighted by Crippen LogP contribution is 2.34. The van der Waals surface area contributed by atoms with E-state index in [1.165, 1.54) is 11.1 Å². The van der Waals surface area contributed by atoms with Gasteiger partial charge < -0.3 is 4.90 Å². The van der Waals surface area contributed by atoms with Crippen LogP contribution in [0.2, 0.25) is 5.02 Å². The molecule has 1 aliphatic rings. The zero-order valence-corrected chi connectivity index (χ0v) is 11.6. The first-order valence-electron chi connectivity index (χ1n) is 6.27. The van der Waals surface area contributed by atoms with E-state index >= 15 is 0 Å². The minimum Gasteiger partial charge on any atom is -0.339 e. The molecular weight excluding hydrogens is 293 g/mol. The molecule has 0 aliphatic carbocycles. The van der Waals surface area contributed by atoms with Crippen molar-refractivity contribution in [3.05, 3.63) is 28.5 Å². The highest BCUT2D eigenvalue weighted by atomic mass is 35.5. The zero-order valence-electron chi connectivity index (χ0n) is 10.9. The van der Waals surface area contributed by atoms with Gasteiger partial charge in [-0.25, -0.2) is 0 Å². The zero-order chi connectivity index (χ0) is 14.9. The summed E-state index contributed by atoms with van der Waals surface area (Å²) in [6.07, 6.45) is -2.94. The number of aryl methyl sites for hydroxylation is 1. The highest BCUT2D eigenvalue weighted by molar-refractivity contribution is 6.33. The summed E-state index contributed by atoms with van der Waals surface area (Å²) in [6, 6.07) is 1.57. The fourth-order valence-electron chi connectivity index (χ4n) is 2.26. The number of hydrogen-bond acceptors (Lipinski definition) is 2. The van der Waals surface area contributed by atoms with E-state index in [1.54, 1.807) is 13.0 Å². The molecule has 1 saturated heterocycles. The second-order valence-electron chi connectivity index (χ2n) is 4.91. The predicted molar refractivity (Wildman–Crippen MR) is 68.7 cm³/mol. The molecule has 20 heavy (non-hydrogen) atoms. The number of likely N-dealkylation sites (tertiary alicyclic amines) is 1. The molecule has 1 aromatic heterocycles. The first-order valence-corrected chi connectivity index (χ1v) is 6.65. The van der Waals surface area contributed by atoms with Crippen LogP contribution in [0.1, 0.15) is 28.9 Å². The van der Waals surface area contributed by atoms with E-state index < -0.39 is 12.1 Å². The number of carbonyl (C=O) groups excluding carboxylic acids is 1. The Morgan fingerprint density at radius 3 is 2.50 bits per heavy atom. The van der Waals surface area contributed by atoms with Gasteiger partial charge in [0.25, 0.3) is 5.91 Å². The van der Waals surface area contributed by atoms with Gasteiger partial charge >= 0.3 is 6.18 Å². The molecule has 0 N–H and O–H groups in total. The first kappa shape index (κ1) is 15.1. The van der Waals surface area contributed by atoms with Crippen LogP contribution in [-0.2, 0) is 0 Å². The third-order valence-electron chi connectivity index (χ3n) is 3.47. The summed E-state index contributed by atoms with van der Waals surface area (Å²) in [5.74, 6) is -1.68. The van der Waals surface area contributed by atoms with Crippen LogP contribution in [0.4, 0.5) is 13.2 Å². The smallest absolute Gasteiger partial charge is 0.339 e. The number of nitrogens with zero attached hydrogens (tertiary/aromatic N) is 2. The summed E-state index contributed by atoms with van der Waals surface area (Å²) in [5, 5.41) is 0.278. The van der Waals surface area contributed by atoms with Crippen LogP contribution in [0.5, 0.6) is 0 Å². The van der Waals surface area contributed by atoms with Crippen molar-refractivity contribution in [1.29, 1.82) is 0 Å². The number of hydrogen-bond donors (Lipinski definition) is 0. The number of rotatable bonds is 1. The van der Waals surface area contributed by atoms with Crippen LogP contribution >= 0.6 is 11.6 Å². The van der Waals surface area contributed by atoms with Crippen molar-refractivity contribution in [2.24, 2.45) is 5.92 Å². The molecule has 0 bridgehead atoms. The number of alkyl halides is 3. The summed E-state index contributed by atoms with van der Waals surface area (Å²) < 4.78 is 37.7. The molecule has 7 heteroatoms. The molecule has 2 heterocycles. The molecule has 1 aliphatic heterocycles. The molecule has 0 unspecified atom stereocenters. The summed E-state index contributed by atoms with van der Waals surface area (Å²) >= 11 is 5.98. The van der Waals surface area contributed by atoms with Crippen LogP contribution in [0.3, 0.4) is 0 Å². The van der Waals surface area contributed by atoms with Gasteiger partial charge in [0, 0.05) is 25.0 Å². The minimum atomic E-state index is -4.18. The monoisotopic (exact) mass is 306 g/mol. The molecule has 0 saturated carbocycles. The summed E-state index contributed by atoms with van der Waals surface area (Å²) in [5.41, 5.74) is 0.921. The number of pyridine rings is 1. The lowest BCUT2D eigenvalue weighted by Gasteiger charge is -2.33. The Balaban J connectivity index is 2.05. The normalized spacial score (nSPS) is 17.4. The van der Waals surface area contributed by atoms with Crippen molar-refractivity contribution in [1.82, 2.24) is 9.88 Å². The maximum atomic E-state index is 12.6. The van der Waals surface area contributed by atoms with Crippen LogP contribution in [0, 0.1) is 12.8 Å². The standard InChI is InChI=1S/C13H14ClF3N2O/c1-8-6-11(14)10(7-18-8)12(20)19-4-2-9(3-5-19)13(15,16)17/h6-7,9H,2-5H2,1H3. The number of amides is 1. The van der Waals surface area contributed by atoms with Gasteiger partial charge in [-0.3, -0.25) is 9.78 Å². The molecule has 1 aromatic rings. The largest absolute Gasteiger partial charge is 0.391 e. The van der Waals surface area contributed by atoms with Gasteiger partial charge in [-0.05, 0) is 25.8 Å². The van der Waals surface area contributed by atoms with Crippen molar-refractivity contribution >= 4 is 17.5 Å². The topological polar surface area (TPSA) is 33.2 Å². The summed E-state index contributed by atoms with van der Waals surface area (Å²) in [7, 11) is 0. The molecule has 0 atom stereocenters. The Morgan fingerprint density at radius 2 is 2.00 bits per heavy atom. The summed E-state index contributed by atoms with van der Waals surface area (Å²) in [6.45, 7) is 1.93. The minimum absolute atomic E-state index is 0.0633. The fourth-order valence-corrected chi connectivity index (χ4v) is 2.55. The Labute approximate surface area is 119 Å². The van der Waals surface area contributed by atoms with Gasteiger partial charge in [0.1, 0.15) is 0 Å². The second kappa shape index (κ2) is 5.60. The summed E-state index contributed by atoms with van der Waals surface area (Å²) in [4.78, 5) is 17.6. The fraction of sp³-hybridized carbons (Fsp3) is 0.538. The molecule has 0 radical (unpaired) electrons. The van der Waals surface area contributed by atoms with Crippen LogP contribution in [0.25, 0.3) is 0 Å². The van der Waals surface area contributed by atoms with E-state index in [2.05, 4.69) is 4.98 Å². The quantitative estimate of drug-likeness (QED) is 0.796. The Bertz CT molecular complexity index is 511. The third kappa shape index (κ3) is 3.23. The molecule has 110 valence electrons. The molecule has 0 aromatic carbocycles. The van der Waals surface area contributed by atoms with Gasteiger partial charge in [0.05, 0.1) is 16.5 Å². The van der Waals surface area contributed by atoms with Gasteiger partial charge in [-0.1, -0.05) is 11.6 Å². The maximum Gasteiger partial charge on any atom is 0.391 e. The van der Waals surface area contributed by atoms with Gasteiger partial charge in [-0.2, -0.15) is 13.2 Å². The van der Waals surface area contributed by atoms with E-state index in [1.807, 2.05) is 0 Å². The molecule has 3 nitrogen and oxygen atoms in total. The van der Waals surface area contributed by atoms with E-state index in [4.69, 9.17) is 11.6 Å². The van der Waals surface area contributed by atoms with Crippen molar-refractivity contribution in [3.8, 4) is 0 Å². The molecule has 1 fully saturated rings. The Morgan fingerprint density at radius 1 is 1.40 bits per heavy atom. The van der Waals surface area contributed by atoms with Crippen molar-refractivity contribution in [2.75, 3.05) is 13.1 Å². The lowest BCUT2D eigenvalue weighted by Crippen LogP contribution is -2.42. The third-order valence-corrected chi connectivity index (χ3v) is 3.78. The van der Waals surface area contributed by atoms with Crippen molar-refractivity contribution in [2.45, 2.75) is 25.9 Å². The lowest BCUT2D eigenvalue weighted by atomic mass is 9.96.